The third kappa shape index (κ3) is 4.77. The van der Waals surface area contributed by atoms with Crippen LogP contribution in [0.4, 0.5) is 0 Å². The van der Waals surface area contributed by atoms with Gasteiger partial charge >= 0.3 is 5.97 Å². The Morgan fingerprint density at radius 3 is 2.66 bits per heavy atom. The van der Waals surface area contributed by atoms with E-state index in [2.05, 4.69) is 4.98 Å². The maximum absolute atomic E-state index is 13.3. The molecule has 1 N–H and O–H groups in total. The summed E-state index contributed by atoms with van der Waals surface area (Å²) in [4.78, 5) is 44.2. The second kappa shape index (κ2) is 9.68. The molecular formula is C22H17N3O4S3. The average molecular weight is 484 g/mol. The first-order chi connectivity index (χ1) is 15.4. The van der Waals surface area contributed by atoms with Gasteiger partial charge in [-0.25, -0.2) is 4.98 Å². The van der Waals surface area contributed by atoms with Crippen molar-refractivity contribution in [3.63, 3.8) is 0 Å². The van der Waals surface area contributed by atoms with Gasteiger partial charge in [0.15, 0.2) is 0 Å². The minimum Gasteiger partial charge on any atom is -0.481 e. The second-order valence-corrected chi connectivity index (χ2v) is 9.55. The molecule has 0 atom stereocenters. The lowest BCUT2D eigenvalue weighted by atomic mass is 10.2. The average Bonchev–Trinajstić information content (AvgIpc) is 3.04. The van der Waals surface area contributed by atoms with Crippen LogP contribution in [-0.4, -0.2) is 42.1 Å². The zero-order valence-electron chi connectivity index (χ0n) is 16.6. The van der Waals surface area contributed by atoms with E-state index >= 15 is 0 Å². The number of aliphatic carboxylic acids is 1. The standard InChI is InChI=1S/C22H17N3O4S3/c26-18(27)10-6-12-25-21(29)16(32-22(25)30)13-15-19(31-14-7-2-1-3-8-14)23-17-9-4-5-11-24(17)20(15)28/h1-5,7-9,11,13H,6,10,12H2,(H,26,27). The number of hydrogen-bond donors (Lipinski definition) is 1. The fourth-order valence-corrected chi connectivity index (χ4v) is 5.30. The molecule has 10 heteroatoms. The summed E-state index contributed by atoms with van der Waals surface area (Å²) in [6.45, 7) is 0.217. The monoisotopic (exact) mass is 483 g/mol. The number of carboxylic acids is 1. The zero-order valence-corrected chi connectivity index (χ0v) is 19.1. The Morgan fingerprint density at radius 2 is 1.91 bits per heavy atom. The van der Waals surface area contributed by atoms with E-state index in [9.17, 15) is 14.4 Å². The lowest BCUT2D eigenvalue weighted by molar-refractivity contribution is -0.137. The first kappa shape index (κ1) is 22.3. The summed E-state index contributed by atoms with van der Waals surface area (Å²) in [6.07, 6.45) is 3.42. The highest BCUT2D eigenvalue weighted by Crippen LogP contribution is 2.35. The van der Waals surface area contributed by atoms with Gasteiger partial charge in [-0.05, 0) is 36.8 Å². The molecule has 0 aliphatic carbocycles. The van der Waals surface area contributed by atoms with Crippen molar-refractivity contribution in [2.45, 2.75) is 22.8 Å². The van der Waals surface area contributed by atoms with E-state index < -0.39 is 5.97 Å². The molecule has 1 saturated heterocycles. The van der Waals surface area contributed by atoms with Gasteiger partial charge in [0.1, 0.15) is 15.0 Å². The minimum absolute atomic E-state index is 0.0517. The summed E-state index contributed by atoms with van der Waals surface area (Å²) < 4.78 is 1.78. The summed E-state index contributed by atoms with van der Waals surface area (Å²) in [7, 11) is 0. The van der Waals surface area contributed by atoms with Crippen molar-refractivity contribution in [2.75, 3.05) is 6.54 Å². The minimum atomic E-state index is -0.927. The van der Waals surface area contributed by atoms with Crippen molar-refractivity contribution in [3.8, 4) is 0 Å². The summed E-state index contributed by atoms with van der Waals surface area (Å²) in [5.41, 5.74) is 0.521. The van der Waals surface area contributed by atoms with Crippen molar-refractivity contribution in [3.05, 3.63) is 75.6 Å². The van der Waals surface area contributed by atoms with Crippen LogP contribution in [0.15, 0.2) is 74.3 Å². The Hall–Kier alpha value is -2.95. The number of fused-ring (bicyclic) bond motifs is 1. The Balaban J connectivity index is 1.73. The molecule has 4 rings (SSSR count). The van der Waals surface area contributed by atoms with Gasteiger partial charge in [0.2, 0.25) is 0 Å². The highest BCUT2D eigenvalue weighted by molar-refractivity contribution is 8.26. The Labute approximate surface area is 197 Å². The van der Waals surface area contributed by atoms with Crippen LogP contribution < -0.4 is 5.56 Å². The molecule has 1 aliphatic rings. The number of rotatable bonds is 7. The number of pyridine rings is 1. The molecule has 0 bridgehead atoms. The van der Waals surface area contributed by atoms with Crippen molar-refractivity contribution >= 4 is 63.7 Å². The lowest BCUT2D eigenvalue weighted by Crippen LogP contribution is -2.29. The molecule has 2 aromatic heterocycles. The van der Waals surface area contributed by atoms with E-state index in [1.54, 1.807) is 24.4 Å². The Bertz CT molecular complexity index is 1300. The highest BCUT2D eigenvalue weighted by atomic mass is 32.2. The highest BCUT2D eigenvalue weighted by Gasteiger charge is 2.32. The van der Waals surface area contributed by atoms with Crippen LogP contribution in [0.5, 0.6) is 0 Å². The van der Waals surface area contributed by atoms with E-state index in [1.165, 1.54) is 27.1 Å². The molecule has 0 radical (unpaired) electrons. The fraction of sp³-hybridized carbons (Fsp3) is 0.136. The first-order valence-electron chi connectivity index (χ1n) is 9.65. The molecule has 1 amide bonds. The third-order valence-electron chi connectivity index (χ3n) is 4.61. The zero-order chi connectivity index (χ0) is 22.7. The van der Waals surface area contributed by atoms with Gasteiger partial charge in [-0.15, -0.1) is 0 Å². The molecule has 1 aliphatic heterocycles. The van der Waals surface area contributed by atoms with Gasteiger partial charge in [-0.1, -0.05) is 60.0 Å². The normalized spacial score (nSPS) is 15.1. The lowest BCUT2D eigenvalue weighted by Gasteiger charge is -2.13. The van der Waals surface area contributed by atoms with Crippen LogP contribution >= 0.6 is 35.7 Å². The van der Waals surface area contributed by atoms with Gasteiger partial charge < -0.3 is 5.11 Å². The number of thioether (sulfide) groups is 1. The molecule has 0 saturated carbocycles. The maximum atomic E-state index is 13.3. The van der Waals surface area contributed by atoms with Crippen LogP contribution in [0.3, 0.4) is 0 Å². The number of nitrogens with zero attached hydrogens (tertiary/aromatic N) is 3. The summed E-state index contributed by atoms with van der Waals surface area (Å²) >= 11 is 7.76. The predicted molar refractivity (Wildman–Crippen MR) is 129 cm³/mol. The number of amides is 1. The first-order valence-corrected chi connectivity index (χ1v) is 11.7. The summed E-state index contributed by atoms with van der Waals surface area (Å²) in [6, 6.07) is 14.9. The van der Waals surface area contributed by atoms with Crippen LogP contribution in [0.25, 0.3) is 11.7 Å². The van der Waals surface area contributed by atoms with Crippen molar-refractivity contribution in [2.24, 2.45) is 0 Å². The number of carbonyl (C=O) groups excluding carboxylic acids is 1. The van der Waals surface area contributed by atoms with Crippen LogP contribution in [0, 0.1) is 0 Å². The maximum Gasteiger partial charge on any atom is 0.303 e. The molecule has 7 nitrogen and oxygen atoms in total. The van der Waals surface area contributed by atoms with E-state index in [0.29, 0.717) is 31.9 Å². The summed E-state index contributed by atoms with van der Waals surface area (Å²) in [5.74, 6) is -1.26. The van der Waals surface area contributed by atoms with Crippen molar-refractivity contribution in [1.29, 1.82) is 0 Å². The van der Waals surface area contributed by atoms with Crippen LogP contribution in [0.1, 0.15) is 18.4 Å². The molecule has 1 aromatic carbocycles. The smallest absolute Gasteiger partial charge is 0.303 e. The van der Waals surface area contributed by atoms with E-state index in [1.807, 2.05) is 30.3 Å². The quantitative estimate of drug-likeness (QED) is 0.307. The van der Waals surface area contributed by atoms with Crippen LogP contribution in [0.2, 0.25) is 0 Å². The molecular weight excluding hydrogens is 466 g/mol. The molecule has 0 spiro atoms. The molecule has 32 heavy (non-hydrogen) atoms. The van der Waals surface area contributed by atoms with Gasteiger partial charge in [0.05, 0.1) is 10.5 Å². The largest absolute Gasteiger partial charge is 0.481 e. The number of carbonyl (C=O) groups is 2. The second-order valence-electron chi connectivity index (χ2n) is 6.81. The number of benzene rings is 1. The summed E-state index contributed by atoms with van der Waals surface area (Å²) in [5, 5.41) is 9.32. The molecule has 0 unspecified atom stereocenters. The molecule has 162 valence electrons. The van der Waals surface area contributed by atoms with Gasteiger partial charge in [0.25, 0.3) is 11.5 Å². The van der Waals surface area contributed by atoms with Gasteiger partial charge in [-0.3, -0.25) is 23.7 Å². The van der Waals surface area contributed by atoms with Gasteiger partial charge in [-0.2, -0.15) is 0 Å². The van der Waals surface area contributed by atoms with Crippen molar-refractivity contribution < 1.29 is 14.7 Å². The molecule has 3 aromatic rings. The number of hydrogen-bond acceptors (Lipinski definition) is 7. The SMILES string of the molecule is O=C(O)CCCN1C(=O)C(=Cc2c(Sc3ccccc3)nc3ccccn3c2=O)SC1=S. The number of carboxylic acid groups (broad SMARTS) is 1. The molecule has 3 heterocycles. The van der Waals surface area contributed by atoms with Crippen molar-refractivity contribution in [1.82, 2.24) is 14.3 Å². The predicted octanol–water partition coefficient (Wildman–Crippen LogP) is 3.91. The van der Waals surface area contributed by atoms with Crippen LogP contribution in [-0.2, 0) is 9.59 Å². The van der Waals surface area contributed by atoms with Gasteiger partial charge in [0, 0.05) is 24.1 Å². The molecule has 1 fully saturated rings. The topological polar surface area (TPSA) is 92.0 Å². The van der Waals surface area contributed by atoms with E-state index in [-0.39, 0.29) is 24.4 Å². The van der Waals surface area contributed by atoms with E-state index in [4.69, 9.17) is 17.3 Å². The third-order valence-corrected chi connectivity index (χ3v) is 7.00. The number of thiocarbonyl (C=S) groups is 1. The fourth-order valence-electron chi connectivity index (χ4n) is 3.10. The Kier molecular flexibility index (Phi) is 6.73. The van der Waals surface area contributed by atoms with E-state index in [0.717, 1.165) is 16.7 Å². The number of aromatic nitrogens is 2. The Morgan fingerprint density at radius 1 is 1.16 bits per heavy atom.